The monoisotopic (exact) mass is 388 g/mol. The quantitative estimate of drug-likeness (QED) is 0.348. The molecule has 0 spiro atoms. The predicted octanol–water partition coefficient (Wildman–Crippen LogP) is 8.07. The average Bonchev–Trinajstić information content (AvgIpc) is 3.47. The van der Waals surface area contributed by atoms with Crippen molar-refractivity contribution in [3.8, 4) is 20.9 Å². The molecule has 4 aromatic rings. The molecule has 0 aliphatic heterocycles. The van der Waals surface area contributed by atoms with Crippen LogP contribution in [0, 0.1) is 6.92 Å². The van der Waals surface area contributed by atoms with E-state index in [-0.39, 0.29) is 0 Å². The van der Waals surface area contributed by atoms with Gasteiger partial charge in [-0.15, -0.1) is 22.7 Å². The van der Waals surface area contributed by atoms with Crippen LogP contribution in [0.15, 0.2) is 46.4 Å². The SMILES string of the molecule is CC.CC.CC.Cc1ccc(-c2ccc(-c3cccs3)c3nonc23)s1. The van der Waals surface area contributed by atoms with Crippen molar-refractivity contribution < 1.29 is 4.63 Å². The third-order valence-corrected chi connectivity index (χ3v) is 5.15. The molecule has 3 heterocycles. The summed E-state index contributed by atoms with van der Waals surface area (Å²) < 4.78 is 4.98. The Morgan fingerprint density at radius 1 is 0.731 bits per heavy atom. The highest BCUT2D eigenvalue weighted by molar-refractivity contribution is 7.15. The van der Waals surface area contributed by atoms with E-state index in [0.717, 1.165) is 22.2 Å². The van der Waals surface area contributed by atoms with Crippen LogP contribution in [0.4, 0.5) is 0 Å². The molecule has 0 N–H and O–H groups in total. The lowest BCUT2D eigenvalue weighted by molar-refractivity contribution is 0.315. The Hall–Kier alpha value is -1.98. The molecule has 0 radical (unpaired) electrons. The molecule has 1 aromatic carbocycles. The second kappa shape index (κ2) is 11.6. The molecule has 0 aliphatic carbocycles. The predicted molar refractivity (Wildman–Crippen MR) is 117 cm³/mol. The van der Waals surface area contributed by atoms with Crippen LogP contribution >= 0.6 is 22.7 Å². The summed E-state index contributed by atoms with van der Waals surface area (Å²) in [5.41, 5.74) is 3.82. The lowest BCUT2D eigenvalue weighted by Gasteiger charge is -2.02. The van der Waals surface area contributed by atoms with Gasteiger partial charge in [-0.2, -0.15) is 0 Å². The van der Waals surface area contributed by atoms with Gasteiger partial charge >= 0.3 is 0 Å². The van der Waals surface area contributed by atoms with Gasteiger partial charge in [-0.05, 0) is 40.8 Å². The molecule has 0 saturated carbocycles. The van der Waals surface area contributed by atoms with Crippen LogP contribution in [0.3, 0.4) is 0 Å². The van der Waals surface area contributed by atoms with Gasteiger partial charge in [0.15, 0.2) is 0 Å². The summed E-state index contributed by atoms with van der Waals surface area (Å²) in [6.07, 6.45) is 0. The standard InChI is InChI=1S/C15H10N2OS2.3C2H6/c1-9-4-7-13(20-9)11-6-5-10(12-3-2-8-19-12)14-15(11)17-18-16-14;3*1-2/h2-8H,1H3;3*1-2H3. The van der Waals surface area contributed by atoms with Gasteiger partial charge in [-0.25, -0.2) is 4.63 Å². The number of aromatic nitrogens is 2. The Labute approximate surface area is 164 Å². The van der Waals surface area contributed by atoms with Crippen LogP contribution in [0.5, 0.6) is 0 Å². The fourth-order valence-corrected chi connectivity index (χ4v) is 3.92. The zero-order valence-corrected chi connectivity index (χ0v) is 18.3. The maximum atomic E-state index is 4.98. The first-order valence-electron chi connectivity index (χ1n) is 9.19. The van der Waals surface area contributed by atoms with Gasteiger partial charge in [-0.1, -0.05) is 59.7 Å². The van der Waals surface area contributed by atoms with E-state index >= 15 is 0 Å². The van der Waals surface area contributed by atoms with Crippen molar-refractivity contribution in [1.82, 2.24) is 10.3 Å². The Bertz CT molecular complexity index is 877. The van der Waals surface area contributed by atoms with Gasteiger partial charge in [0.05, 0.1) is 0 Å². The van der Waals surface area contributed by atoms with Crippen LogP contribution in [0.1, 0.15) is 46.4 Å². The molecule has 0 saturated heterocycles. The van der Waals surface area contributed by atoms with E-state index in [1.54, 1.807) is 22.7 Å². The molecule has 5 heteroatoms. The summed E-state index contributed by atoms with van der Waals surface area (Å²) >= 11 is 3.45. The summed E-state index contributed by atoms with van der Waals surface area (Å²) in [6, 6.07) is 12.6. The van der Waals surface area contributed by atoms with Crippen LogP contribution < -0.4 is 0 Å². The fourth-order valence-electron chi connectivity index (χ4n) is 2.28. The summed E-state index contributed by atoms with van der Waals surface area (Å²) in [5.74, 6) is 0. The second-order valence-corrected chi connectivity index (χ2v) is 6.75. The maximum absolute atomic E-state index is 4.98. The van der Waals surface area contributed by atoms with E-state index in [4.69, 9.17) is 4.63 Å². The molecule has 4 rings (SSSR count). The minimum Gasteiger partial charge on any atom is -0.243 e. The van der Waals surface area contributed by atoms with Crippen LogP contribution in [-0.2, 0) is 0 Å². The number of hydrogen-bond acceptors (Lipinski definition) is 5. The first-order chi connectivity index (χ1) is 12.8. The molecule has 0 fully saturated rings. The molecule has 3 aromatic heterocycles. The molecule has 0 amide bonds. The van der Waals surface area contributed by atoms with Crippen molar-refractivity contribution in [3.05, 3.63) is 46.7 Å². The second-order valence-electron chi connectivity index (χ2n) is 4.51. The zero-order valence-electron chi connectivity index (χ0n) is 16.7. The van der Waals surface area contributed by atoms with Gasteiger partial charge < -0.3 is 0 Å². The highest BCUT2D eigenvalue weighted by Crippen LogP contribution is 2.37. The van der Waals surface area contributed by atoms with Gasteiger partial charge in [-0.3, -0.25) is 0 Å². The number of benzene rings is 1. The molecular weight excluding hydrogens is 360 g/mol. The summed E-state index contributed by atoms with van der Waals surface area (Å²) in [4.78, 5) is 3.66. The van der Waals surface area contributed by atoms with E-state index < -0.39 is 0 Å². The fraction of sp³-hybridized carbons (Fsp3) is 0.333. The number of rotatable bonds is 2. The zero-order chi connectivity index (χ0) is 19.5. The van der Waals surface area contributed by atoms with E-state index in [1.807, 2.05) is 47.6 Å². The molecule has 0 unspecified atom stereocenters. The van der Waals surface area contributed by atoms with Crippen molar-refractivity contribution in [2.45, 2.75) is 48.5 Å². The number of nitrogens with zero attached hydrogens (tertiary/aromatic N) is 2. The minimum absolute atomic E-state index is 0.830. The Kier molecular flexibility index (Phi) is 9.84. The summed E-state index contributed by atoms with van der Waals surface area (Å²) in [7, 11) is 0. The minimum atomic E-state index is 0.830. The number of fused-ring (bicyclic) bond motifs is 1. The van der Waals surface area contributed by atoms with Gasteiger partial charge in [0.2, 0.25) is 0 Å². The average molecular weight is 389 g/mol. The third kappa shape index (κ3) is 4.80. The first kappa shape index (κ1) is 22.1. The van der Waals surface area contributed by atoms with Crippen molar-refractivity contribution in [2.75, 3.05) is 0 Å². The first-order valence-corrected chi connectivity index (χ1v) is 10.9. The maximum Gasteiger partial charge on any atom is 0.144 e. The van der Waals surface area contributed by atoms with Crippen LogP contribution in [-0.4, -0.2) is 10.3 Å². The molecular formula is C21H28N2OS2. The molecule has 3 nitrogen and oxygen atoms in total. The number of aryl methyl sites for hydroxylation is 1. The van der Waals surface area contributed by atoms with Crippen LogP contribution in [0.25, 0.3) is 31.9 Å². The van der Waals surface area contributed by atoms with Crippen LogP contribution in [0.2, 0.25) is 0 Å². The molecule has 0 bridgehead atoms. The lowest BCUT2D eigenvalue weighted by atomic mass is 10.1. The largest absolute Gasteiger partial charge is 0.243 e. The highest BCUT2D eigenvalue weighted by atomic mass is 32.1. The van der Waals surface area contributed by atoms with Crippen molar-refractivity contribution in [1.29, 1.82) is 0 Å². The smallest absolute Gasteiger partial charge is 0.144 e. The molecule has 0 aliphatic rings. The van der Waals surface area contributed by atoms with E-state index in [2.05, 4.69) is 52.9 Å². The summed E-state index contributed by atoms with van der Waals surface area (Å²) in [6.45, 7) is 14.1. The highest BCUT2D eigenvalue weighted by Gasteiger charge is 2.15. The number of thiophene rings is 2. The normalized spacial score (nSPS) is 9.35. The van der Waals surface area contributed by atoms with E-state index in [1.165, 1.54) is 14.6 Å². The third-order valence-electron chi connectivity index (χ3n) is 3.21. The molecule has 26 heavy (non-hydrogen) atoms. The van der Waals surface area contributed by atoms with Gasteiger partial charge in [0, 0.05) is 25.8 Å². The number of hydrogen-bond donors (Lipinski definition) is 0. The Morgan fingerprint density at radius 3 is 1.77 bits per heavy atom. The van der Waals surface area contributed by atoms with Crippen molar-refractivity contribution >= 4 is 33.7 Å². The van der Waals surface area contributed by atoms with Crippen molar-refractivity contribution in [3.63, 3.8) is 0 Å². The van der Waals surface area contributed by atoms with E-state index in [0.29, 0.717) is 0 Å². The summed E-state index contributed by atoms with van der Waals surface area (Å²) in [5, 5.41) is 10.3. The van der Waals surface area contributed by atoms with Gasteiger partial charge in [0.25, 0.3) is 0 Å². The Balaban J connectivity index is 0.000000515. The molecule has 140 valence electrons. The lowest BCUT2D eigenvalue weighted by Crippen LogP contribution is -1.81. The molecule has 0 atom stereocenters. The Morgan fingerprint density at radius 2 is 1.31 bits per heavy atom. The van der Waals surface area contributed by atoms with Gasteiger partial charge in [0.1, 0.15) is 11.0 Å². The topological polar surface area (TPSA) is 38.9 Å². The van der Waals surface area contributed by atoms with E-state index in [9.17, 15) is 0 Å². The van der Waals surface area contributed by atoms with Crippen molar-refractivity contribution in [2.24, 2.45) is 0 Å².